The first kappa shape index (κ1) is 20.6. The zero-order valence-corrected chi connectivity index (χ0v) is 19.0. The lowest BCUT2D eigenvalue weighted by Gasteiger charge is -2.10. The van der Waals surface area contributed by atoms with Crippen molar-refractivity contribution in [3.63, 3.8) is 0 Å². The van der Waals surface area contributed by atoms with Crippen LogP contribution in [-0.2, 0) is 9.84 Å². The third-order valence-corrected chi connectivity index (χ3v) is 9.24. The van der Waals surface area contributed by atoms with E-state index in [0.717, 1.165) is 69.2 Å². The molecule has 0 aromatic carbocycles. The first-order valence-corrected chi connectivity index (χ1v) is 12.9. The minimum Gasteiger partial charge on any atom is -0.218 e. The summed E-state index contributed by atoms with van der Waals surface area (Å²) in [4.78, 5) is 5.27. The first-order chi connectivity index (χ1) is 12.9. The molecular formula is C22H28O2S3. The number of hydrogen-bond acceptors (Lipinski definition) is 4. The fourth-order valence-corrected chi connectivity index (χ4v) is 8.16. The quantitative estimate of drug-likeness (QED) is 0.447. The van der Waals surface area contributed by atoms with Crippen LogP contribution in [0.1, 0.15) is 71.9 Å². The second-order valence-electron chi connectivity index (χ2n) is 7.15. The SMILES string of the molecule is CCCCC1=C(c2ccc(C)s2)S(=O)(=O)C(c2ccc(C)s2)=C1CCCC. The van der Waals surface area contributed by atoms with Gasteiger partial charge in [-0.25, -0.2) is 8.42 Å². The van der Waals surface area contributed by atoms with E-state index in [2.05, 4.69) is 13.8 Å². The molecule has 2 aromatic rings. The summed E-state index contributed by atoms with van der Waals surface area (Å²) < 4.78 is 27.5. The lowest BCUT2D eigenvalue weighted by Crippen LogP contribution is -2.01. The van der Waals surface area contributed by atoms with Crippen molar-refractivity contribution in [2.45, 2.75) is 66.2 Å². The van der Waals surface area contributed by atoms with Gasteiger partial charge in [0, 0.05) is 19.5 Å². The minimum absolute atomic E-state index is 0.584. The van der Waals surface area contributed by atoms with Gasteiger partial charge in [-0.2, -0.15) is 0 Å². The first-order valence-electron chi connectivity index (χ1n) is 9.75. The Balaban J connectivity index is 2.24. The van der Waals surface area contributed by atoms with Gasteiger partial charge in [-0.05, 0) is 74.9 Å². The smallest absolute Gasteiger partial charge is 0.209 e. The highest BCUT2D eigenvalue weighted by atomic mass is 32.2. The van der Waals surface area contributed by atoms with Crippen molar-refractivity contribution < 1.29 is 8.42 Å². The molecule has 0 atom stereocenters. The third-order valence-electron chi connectivity index (χ3n) is 4.94. The van der Waals surface area contributed by atoms with E-state index in [1.807, 2.05) is 38.1 Å². The van der Waals surface area contributed by atoms with Gasteiger partial charge in [-0.3, -0.25) is 0 Å². The van der Waals surface area contributed by atoms with Crippen LogP contribution in [0.25, 0.3) is 9.81 Å². The number of sulfone groups is 1. The Bertz CT molecular complexity index is 910. The predicted molar refractivity (Wildman–Crippen MR) is 120 cm³/mol. The lowest BCUT2D eigenvalue weighted by atomic mass is 9.94. The van der Waals surface area contributed by atoms with Gasteiger partial charge in [0.25, 0.3) is 0 Å². The standard InChI is InChI=1S/C22H28O2S3/c1-5-7-9-17-18(10-8-6-2)22(20-14-12-16(4)26-20)27(23,24)21(17)19-13-11-15(3)25-19/h11-14H,5-10H2,1-4H3. The van der Waals surface area contributed by atoms with Crippen LogP contribution >= 0.6 is 22.7 Å². The summed E-state index contributed by atoms with van der Waals surface area (Å²) in [5.41, 5.74) is 2.15. The Morgan fingerprint density at radius 2 is 1.15 bits per heavy atom. The molecule has 0 bridgehead atoms. The van der Waals surface area contributed by atoms with Gasteiger partial charge in [0.2, 0.25) is 9.84 Å². The molecule has 5 heteroatoms. The van der Waals surface area contributed by atoms with Gasteiger partial charge in [0.1, 0.15) is 0 Å². The Labute approximate surface area is 171 Å². The molecule has 0 unspecified atom stereocenters. The number of hydrogen-bond donors (Lipinski definition) is 0. The molecule has 146 valence electrons. The molecule has 2 aromatic heterocycles. The normalized spacial score (nSPS) is 16.6. The zero-order valence-electron chi connectivity index (χ0n) is 16.6. The van der Waals surface area contributed by atoms with Crippen molar-refractivity contribution in [2.24, 2.45) is 0 Å². The molecule has 0 saturated carbocycles. The minimum atomic E-state index is -3.49. The molecule has 3 rings (SSSR count). The number of aryl methyl sites for hydroxylation is 2. The maximum absolute atomic E-state index is 13.8. The average molecular weight is 421 g/mol. The molecule has 1 aliphatic rings. The van der Waals surface area contributed by atoms with Crippen LogP contribution in [0, 0.1) is 13.8 Å². The topological polar surface area (TPSA) is 34.1 Å². The van der Waals surface area contributed by atoms with Gasteiger partial charge in [-0.1, -0.05) is 26.7 Å². The molecule has 0 radical (unpaired) electrons. The van der Waals surface area contributed by atoms with E-state index < -0.39 is 9.84 Å². The lowest BCUT2D eigenvalue weighted by molar-refractivity contribution is 0.615. The molecule has 0 saturated heterocycles. The molecule has 0 amide bonds. The summed E-state index contributed by atoms with van der Waals surface area (Å²) in [6.45, 7) is 8.41. The maximum atomic E-state index is 13.8. The molecule has 0 aliphatic carbocycles. The highest BCUT2D eigenvalue weighted by Gasteiger charge is 2.39. The molecule has 0 fully saturated rings. The van der Waals surface area contributed by atoms with Crippen LogP contribution in [0.2, 0.25) is 0 Å². The highest BCUT2D eigenvalue weighted by Crippen LogP contribution is 2.51. The van der Waals surface area contributed by atoms with Crippen molar-refractivity contribution >= 4 is 42.3 Å². The van der Waals surface area contributed by atoms with Crippen LogP contribution < -0.4 is 0 Å². The van der Waals surface area contributed by atoms with E-state index in [-0.39, 0.29) is 0 Å². The average Bonchev–Trinajstić information content (AvgIpc) is 3.27. The van der Waals surface area contributed by atoms with Crippen molar-refractivity contribution in [2.75, 3.05) is 0 Å². The molecule has 27 heavy (non-hydrogen) atoms. The van der Waals surface area contributed by atoms with Crippen LogP contribution in [0.4, 0.5) is 0 Å². The van der Waals surface area contributed by atoms with Crippen molar-refractivity contribution in [1.29, 1.82) is 0 Å². The molecule has 2 nitrogen and oxygen atoms in total. The summed E-state index contributed by atoms with van der Waals surface area (Å²) in [5, 5.41) is 0. The van der Waals surface area contributed by atoms with E-state index in [0.29, 0.717) is 9.81 Å². The summed E-state index contributed by atoms with van der Waals surface area (Å²) in [5.74, 6) is 0. The van der Waals surface area contributed by atoms with E-state index in [4.69, 9.17) is 0 Å². The van der Waals surface area contributed by atoms with E-state index in [1.165, 1.54) is 0 Å². The number of thiophene rings is 2. The summed E-state index contributed by atoms with van der Waals surface area (Å²) in [7, 11) is -3.49. The van der Waals surface area contributed by atoms with Crippen molar-refractivity contribution in [3.05, 3.63) is 54.9 Å². The second kappa shape index (κ2) is 8.46. The molecule has 0 N–H and O–H groups in total. The Morgan fingerprint density at radius 1 is 0.741 bits per heavy atom. The number of unbranched alkanes of at least 4 members (excludes halogenated alkanes) is 2. The second-order valence-corrected chi connectivity index (χ2v) is 11.5. The van der Waals surface area contributed by atoms with Crippen molar-refractivity contribution in [3.8, 4) is 0 Å². The summed E-state index contributed by atoms with van der Waals surface area (Å²) in [6.07, 6.45) is 5.85. The molecular weight excluding hydrogens is 392 g/mol. The zero-order chi connectivity index (χ0) is 19.6. The van der Waals surface area contributed by atoms with E-state index in [9.17, 15) is 8.42 Å². The predicted octanol–water partition coefficient (Wildman–Crippen LogP) is 7.36. The van der Waals surface area contributed by atoms with Gasteiger partial charge in [0.15, 0.2) is 0 Å². The van der Waals surface area contributed by atoms with Gasteiger partial charge >= 0.3 is 0 Å². The molecule has 1 aliphatic heterocycles. The largest absolute Gasteiger partial charge is 0.218 e. The number of allylic oxidation sites excluding steroid dienone is 2. The molecule has 3 heterocycles. The van der Waals surface area contributed by atoms with Gasteiger partial charge in [-0.15, -0.1) is 22.7 Å². The maximum Gasteiger partial charge on any atom is 0.209 e. The van der Waals surface area contributed by atoms with Crippen LogP contribution in [0.15, 0.2) is 35.4 Å². The number of rotatable bonds is 8. The molecule has 0 spiro atoms. The van der Waals surface area contributed by atoms with Crippen LogP contribution in [0.5, 0.6) is 0 Å². The van der Waals surface area contributed by atoms with E-state index >= 15 is 0 Å². The van der Waals surface area contributed by atoms with Crippen LogP contribution in [-0.4, -0.2) is 8.42 Å². The van der Waals surface area contributed by atoms with E-state index in [1.54, 1.807) is 22.7 Å². The summed E-state index contributed by atoms with van der Waals surface area (Å²) in [6, 6.07) is 8.02. The van der Waals surface area contributed by atoms with Gasteiger partial charge < -0.3 is 0 Å². The Morgan fingerprint density at radius 3 is 1.44 bits per heavy atom. The summed E-state index contributed by atoms with van der Waals surface area (Å²) >= 11 is 3.19. The Kier molecular flexibility index (Phi) is 6.44. The monoisotopic (exact) mass is 420 g/mol. The fraction of sp³-hybridized carbons (Fsp3) is 0.455. The van der Waals surface area contributed by atoms with Crippen LogP contribution in [0.3, 0.4) is 0 Å². The highest BCUT2D eigenvalue weighted by molar-refractivity contribution is 8.09. The Hall–Kier alpha value is -1.17. The fourth-order valence-electron chi connectivity index (χ4n) is 3.61. The van der Waals surface area contributed by atoms with Crippen molar-refractivity contribution in [1.82, 2.24) is 0 Å². The third kappa shape index (κ3) is 4.01. The van der Waals surface area contributed by atoms with Gasteiger partial charge in [0.05, 0.1) is 9.81 Å².